The van der Waals surface area contributed by atoms with E-state index in [-0.39, 0.29) is 24.8 Å². The molecule has 1 atom stereocenters. The number of nitrogens with two attached hydrogens (primary N) is 1. The average Bonchev–Trinajstić information content (AvgIpc) is 2.80. The Hall–Kier alpha value is -1.26. The van der Waals surface area contributed by atoms with Gasteiger partial charge in [-0.15, -0.1) is 36.6 Å². The Morgan fingerprint density at radius 1 is 0.973 bits per heavy atom. The van der Waals surface area contributed by atoms with Crippen LogP contribution in [0, 0.1) is 0 Å². The van der Waals surface area contributed by atoms with Crippen LogP contribution in [0.4, 0.5) is 18.9 Å². The van der Waals surface area contributed by atoms with E-state index >= 15 is 0 Å². The molecule has 16 heteroatoms. The maximum absolute atomic E-state index is 13.4. The van der Waals surface area contributed by atoms with Crippen molar-refractivity contribution >= 4 is 62.1 Å². The standard InChI is InChI=1S/C21H26F3N3O5S3.2ClH/c22-21(23,24)34(28,29)18-7-4-8-19(35(25,30)31)20(18)26-16(9-10-27-11-13-32-14-12-27)15-33-17-5-2-1-3-6-17;;/h1-8,16,26H,9-15H2,(H2,25,30,31);2*1H/t16-;;/m1../s1. The topological polar surface area (TPSA) is 119 Å². The van der Waals surface area contributed by atoms with Gasteiger partial charge in [0.15, 0.2) is 0 Å². The predicted octanol–water partition coefficient (Wildman–Crippen LogP) is 3.77. The van der Waals surface area contributed by atoms with E-state index in [2.05, 4.69) is 10.2 Å². The smallest absolute Gasteiger partial charge is 0.379 e. The first-order valence-electron chi connectivity index (χ1n) is 10.6. The highest BCUT2D eigenvalue weighted by Gasteiger charge is 2.48. The third kappa shape index (κ3) is 9.17. The molecule has 0 amide bonds. The molecule has 0 aliphatic carbocycles. The van der Waals surface area contributed by atoms with Gasteiger partial charge in [0.2, 0.25) is 10.0 Å². The number of thioether (sulfide) groups is 1. The van der Waals surface area contributed by atoms with Crippen molar-refractivity contribution in [1.82, 2.24) is 4.90 Å². The lowest BCUT2D eigenvalue weighted by Crippen LogP contribution is -2.39. The molecule has 3 N–H and O–H groups in total. The lowest BCUT2D eigenvalue weighted by molar-refractivity contribution is -0.0435. The first-order valence-corrected chi connectivity index (χ1v) is 14.6. The molecule has 210 valence electrons. The minimum Gasteiger partial charge on any atom is -0.379 e. The van der Waals surface area contributed by atoms with Crippen LogP contribution >= 0.6 is 36.6 Å². The second-order valence-electron chi connectivity index (χ2n) is 7.83. The predicted molar refractivity (Wildman–Crippen MR) is 142 cm³/mol. The zero-order valence-corrected chi connectivity index (χ0v) is 23.5. The van der Waals surface area contributed by atoms with Gasteiger partial charge in [-0.2, -0.15) is 13.2 Å². The molecule has 0 unspecified atom stereocenters. The summed E-state index contributed by atoms with van der Waals surface area (Å²) >= 11 is 1.41. The molecule has 1 saturated heterocycles. The van der Waals surface area contributed by atoms with Crippen molar-refractivity contribution in [2.75, 3.05) is 43.9 Å². The van der Waals surface area contributed by atoms with Crippen LogP contribution in [0.3, 0.4) is 0 Å². The molecular weight excluding hydrogens is 598 g/mol. The summed E-state index contributed by atoms with van der Waals surface area (Å²) in [5, 5.41) is 8.03. The number of nitrogens with one attached hydrogen (secondary N) is 1. The molecule has 0 bridgehead atoms. The number of primary sulfonamides is 1. The Morgan fingerprint density at radius 3 is 2.14 bits per heavy atom. The summed E-state index contributed by atoms with van der Waals surface area (Å²) in [4.78, 5) is 1.11. The third-order valence-corrected chi connectivity index (χ3v) is 8.99. The van der Waals surface area contributed by atoms with Gasteiger partial charge in [-0.05, 0) is 30.7 Å². The molecule has 1 aliphatic rings. The van der Waals surface area contributed by atoms with Crippen LogP contribution < -0.4 is 10.5 Å². The maximum Gasteiger partial charge on any atom is 0.501 e. The van der Waals surface area contributed by atoms with Crippen molar-refractivity contribution in [2.24, 2.45) is 5.14 Å². The third-order valence-electron chi connectivity index (χ3n) is 5.33. The van der Waals surface area contributed by atoms with Gasteiger partial charge in [-0.25, -0.2) is 22.0 Å². The zero-order chi connectivity index (χ0) is 25.7. The summed E-state index contributed by atoms with van der Waals surface area (Å²) in [5.41, 5.74) is -6.30. The molecule has 0 radical (unpaired) electrons. The Labute approximate surface area is 231 Å². The molecule has 1 aliphatic heterocycles. The highest BCUT2D eigenvalue weighted by molar-refractivity contribution is 7.99. The van der Waals surface area contributed by atoms with Crippen molar-refractivity contribution in [1.29, 1.82) is 0 Å². The summed E-state index contributed by atoms with van der Waals surface area (Å²) in [6, 6.07) is 11.3. The molecule has 8 nitrogen and oxygen atoms in total. The van der Waals surface area contributed by atoms with E-state index in [1.54, 1.807) is 0 Å². The minimum absolute atomic E-state index is 0. The first-order chi connectivity index (χ1) is 16.4. The number of rotatable bonds is 10. The number of morpholine rings is 1. The van der Waals surface area contributed by atoms with Gasteiger partial charge in [0.25, 0.3) is 9.84 Å². The molecule has 37 heavy (non-hydrogen) atoms. The van der Waals surface area contributed by atoms with E-state index in [1.807, 2.05) is 30.3 Å². The number of benzene rings is 2. The highest BCUT2D eigenvalue weighted by Crippen LogP contribution is 2.38. The van der Waals surface area contributed by atoms with Crippen molar-refractivity contribution in [3.05, 3.63) is 48.5 Å². The Balaban J connectivity index is 0.00000342. The van der Waals surface area contributed by atoms with E-state index in [4.69, 9.17) is 9.88 Å². The SMILES string of the molecule is Cl.Cl.NS(=O)(=O)c1cccc(S(=O)(=O)C(F)(F)F)c1N[C@H](CCN1CCOCC1)CSc1ccccc1. The van der Waals surface area contributed by atoms with Crippen LogP contribution in [-0.2, 0) is 24.6 Å². The quantitative estimate of drug-likeness (QED) is 0.383. The fraction of sp³-hybridized carbons (Fsp3) is 0.429. The second kappa shape index (κ2) is 14.2. The van der Waals surface area contributed by atoms with Gasteiger partial charge in [0.05, 0.1) is 18.9 Å². The molecule has 0 saturated carbocycles. The Morgan fingerprint density at radius 2 is 1.57 bits per heavy atom. The van der Waals surface area contributed by atoms with Crippen molar-refractivity contribution in [2.45, 2.75) is 32.7 Å². The molecule has 0 spiro atoms. The summed E-state index contributed by atoms with van der Waals surface area (Å²) < 4.78 is 94.5. The number of anilines is 1. The van der Waals surface area contributed by atoms with Gasteiger partial charge >= 0.3 is 5.51 Å². The lowest BCUT2D eigenvalue weighted by atomic mass is 10.2. The summed E-state index contributed by atoms with van der Waals surface area (Å²) in [6.07, 6.45) is 0.407. The van der Waals surface area contributed by atoms with Crippen LogP contribution in [0.2, 0.25) is 0 Å². The molecule has 2 aromatic carbocycles. The van der Waals surface area contributed by atoms with Crippen LogP contribution in [0.25, 0.3) is 0 Å². The normalized spacial score (nSPS) is 15.8. The monoisotopic (exact) mass is 625 g/mol. The van der Waals surface area contributed by atoms with Crippen molar-refractivity contribution in [3.8, 4) is 0 Å². The van der Waals surface area contributed by atoms with Gasteiger partial charge in [-0.3, -0.25) is 4.90 Å². The van der Waals surface area contributed by atoms with Crippen LogP contribution in [0.15, 0.2) is 63.2 Å². The number of sulfonamides is 1. The first kappa shape index (κ1) is 33.8. The summed E-state index contributed by atoms with van der Waals surface area (Å²) in [5.74, 6) is 0.332. The van der Waals surface area contributed by atoms with Crippen LogP contribution in [-0.4, -0.2) is 71.9 Å². The van der Waals surface area contributed by atoms with E-state index in [0.717, 1.165) is 23.1 Å². The van der Waals surface area contributed by atoms with Crippen molar-refractivity contribution in [3.63, 3.8) is 0 Å². The van der Waals surface area contributed by atoms with Crippen LogP contribution in [0.5, 0.6) is 0 Å². The highest BCUT2D eigenvalue weighted by atomic mass is 35.5. The van der Waals surface area contributed by atoms with E-state index < -0.39 is 46.9 Å². The number of hydrogen-bond donors (Lipinski definition) is 2. The summed E-state index contributed by atoms with van der Waals surface area (Å²) in [7, 11) is -10.4. The fourth-order valence-corrected chi connectivity index (χ4v) is 6.24. The number of nitrogens with zero attached hydrogens (tertiary/aromatic N) is 1. The minimum atomic E-state index is -5.85. The zero-order valence-electron chi connectivity index (χ0n) is 19.4. The second-order valence-corrected chi connectivity index (χ2v) is 12.4. The number of alkyl halides is 3. The number of para-hydroxylation sites is 1. The molecule has 3 rings (SSSR count). The molecule has 1 heterocycles. The van der Waals surface area contributed by atoms with Crippen molar-refractivity contribution < 1.29 is 34.7 Å². The Bertz CT molecular complexity index is 1210. The van der Waals surface area contributed by atoms with E-state index in [1.165, 1.54) is 11.8 Å². The number of hydrogen-bond acceptors (Lipinski definition) is 8. The number of ether oxygens (including phenoxy) is 1. The van der Waals surface area contributed by atoms with Gasteiger partial charge in [-0.1, -0.05) is 24.3 Å². The van der Waals surface area contributed by atoms with Gasteiger partial charge in [0, 0.05) is 36.3 Å². The number of sulfone groups is 1. The molecular formula is C21H28Cl2F3N3O5S3. The maximum atomic E-state index is 13.4. The molecule has 2 aromatic rings. The van der Waals surface area contributed by atoms with Crippen LogP contribution in [0.1, 0.15) is 6.42 Å². The van der Waals surface area contributed by atoms with Gasteiger partial charge in [0.1, 0.15) is 9.79 Å². The largest absolute Gasteiger partial charge is 0.501 e. The van der Waals surface area contributed by atoms with E-state index in [9.17, 15) is 30.0 Å². The molecule has 0 aromatic heterocycles. The fourth-order valence-electron chi connectivity index (χ4n) is 3.52. The van der Waals surface area contributed by atoms with E-state index in [0.29, 0.717) is 45.0 Å². The lowest BCUT2D eigenvalue weighted by Gasteiger charge is -2.29. The number of halogens is 5. The Kier molecular flexibility index (Phi) is 13.0. The molecule has 1 fully saturated rings. The van der Waals surface area contributed by atoms with Gasteiger partial charge < -0.3 is 10.1 Å². The summed E-state index contributed by atoms with van der Waals surface area (Å²) in [6.45, 7) is 3.02. The average molecular weight is 627 g/mol.